The van der Waals surface area contributed by atoms with Gasteiger partial charge in [0, 0.05) is 112 Å². The Morgan fingerprint density at radius 3 is 2.13 bits per heavy atom. The van der Waals surface area contributed by atoms with E-state index in [1.807, 2.05) is 0 Å². The average Bonchev–Trinajstić information content (AvgIpc) is 2.60. The maximum Gasteiger partial charge on any atom is 0.174 e. The predicted octanol–water partition coefficient (Wildman–Crippen LogP) is -0.0785. The summed E-state index contributed by atoms with van der Waals surface area (Å²) in [6, 6.07) is 0. The number of hydrogen-bond acceptors (Lipinski definition) is 7. The summed E-state index contributed by atoms with van der Waals surface area (Å²) in [6.07, 6.45) is -4.20. The van der Waals surface area contributed by atoms with E-state index in [4.69, 9.17) is 4.74 Å². The van der Waals surface area contributed by atoms with Crippen LogP contribution in [0.25, 0.3) is 0 Å². The van der Waals surface area contributed by atoms with Gasteiger partial charge in [0.2, 0.25) is 0 Å². The molecule has 30 heavy (non-hydrogen) atoms. The van der Waals surface area contributed by atoms with Gasteiger partial charge in [-0.1, -0.05) is 20.8 Å². The Morgan fingerprint density at radius 1 is 1.07 bits per heavy atom. The normalized spacial score (nSPS) is 51.9. The van der Waals surface area contributed by atoms with E-state index >= 15 is 0 Å². The topological polar surface area (TPSA) is 127 Å². The van der Waals surface area contributed by atoms with Gasteiger partial charge in [0.25, 0.3) is 0 Å². The van der Waals surface area contributed by atoms with Crippen LogP contribution in [0.3, 0.4) is 0 Å². The largest absolute Gasteiger partial charge is 0.392 e. The average molecular weight is 850 g/mol. The third-order valence-corrected chi connectivity index (χ3v) is 8.88. The molecule has 0 aromatic rings. The van der Waals surface area contributed by atoms with Crippen molar-refractivity contribution < 1.29 is 123 Å². The summed E-state index contributed by atoms with van der Waals surface area (Å²) in [5.74, 6) is -2.05. The van der Waals surface area contributed by atoms with Crippen molar-refractivity contribution in [1.29, 1.82) is 0 Å². The monoisotopic (exact) mass is 850 g/mol. The van der Waals surface area contributed by atoms with Crippen LogP contribution in [0.4, 0.5) is 0 Å². The van der Waals surface area contributed by atoms with E-state index < -0.39 is 64.1 Å². The maximum atomic E-state index is 13.6. The minimum absolute atomic E-state index is 0. The summed E-state index contributed by atoms with van der Waals surface area (Å²) in [5.41, 5.74) is -4.54. The zero-order valence-corrected chi connectivity index (χ0v) is 27.8. The standard InChI is InChI=1S/C21H32O7.2Ac/c1-9-11(22)7-21(27)10(2)16-19(5,12(23)6-13-20(16,26)8-28-13)17(25)15(24)14(9)18(21,3)4;;/h10-13,15-16,22-24,26-27H,6-8H2,1-5H3;;. The maximum absolute atomic E-state index is 13.6. The first kappa shape index (κ1) is 28.3. The molecule has 4 aliphatic rings. The van der Waals surface area contributed by atoms with Crippen molar-refractivity contribution in [3.8, 4) is 0 Å². The molecule has 0 aromatic heterocycles. The zero-order chi connectivity index (χ0) is 21.0. The van der Waals surface area contributed by atoms with Gasteiger partial charge in [-0.3, -0.25) is 4.79 Å². The second-order valence-corrected chi connectivity index (χ2v) is 10.2. The molecule has 3 fully saturated rings. The van der Waals surface area contributed by atoms with Crippen molar-refractivity contribution in [2.45, 2.75) is 83.1 Å². The fourth-order valence-corrected chi connectivity index (χ4v) is 7.00. The molecule has 9 heteroatoms. The van der Waals surface area contributed by atoms with Crippen LogP contribution in [0.2, 0.25) is 0 Å². The summed E-state index contributed by atoms with van der Waals surface area (Å²) < 4.78 is 5.49. The van der Waals surface area contributed by atoms with Crippen LogP contribution in [0.5, 0.6) is 0 Å². The Kier molecular flexibility index (Phi) is 8.13. The molecule has 5 N–H and O–H groups in total. The summed E-state index contributed by atoms with van der Waals surface area (Å²) in [4.78, 5) is 13.6. The molecule has 7 nitrogen and oxygen atoms in total. The van der Waals surface area contributed by atoms with Gasteiger partial charge in [0.05, 0.1) is 35.9 Å². The molecule has 1 aliphatic heterocycles. The number of rotatable bonds is 0. The van der Waals surface area contributed by atoms with E-state index in [-0.39, 0.29) is 108 Å². The number of aliphatic hydroxyl groups excluding tert-OH is 3. The van der Waals surface area contributed by atoms with Crippen molar-refractivity contribution in [3.63, 3.8) is 0 Å². The van der Waals surface area contributed by atoms with E-state index in [1.165, 1.54) is 0 Å². The summed E-state index contributed by atoms with van der Waals surface area (Å²) in [5, 5.41) is 56.1. The summed E-state index contributed by atoms with van der Waals surface area (Å²) in [6.45, 7) is 8.58. The quantitative estimate of drug-likeness (QED) is 0.216. The third-order valence-electron chi connectivity index (χ3n) is 8.88. The first-order chi connectivity index (χ1) is 12.7. The fraction of sp³-hybridized carbons (Fsp3) is 0.857. The SMILES string of the molecule is CC1=C2C(O)C(=O)C3(C)C(O)CC4OCC4(O)C3C(C)C(O)(CC1O)C2(C)C.[Ac].[Ac]. The van der Waals surface area contributed by atoms with Crippen LogP contribution >= 0.6 is 0 Å². The Morgan fingerprint density at radius 2 is 1.63 bits per heavy atom. The summed E-state index contributed by atoms with van der Waals surface area (Å²) in [7, 11) is 0. The molecule has 0 spiro atoms. The van der Waals surface area contributed by atoms with Crippen molar-refractivity contribution in [2.24, 2.45) is 22.7 Å². The molecule has 164 valence electrons. The fourth-order valence-electron chi connectivity index (χ4n) is 7.00. The molecule has 2 radical (unpaired) electrons. The van der Waals surface area contributed by atoms with Crippen LogP contribution in [0.1, 0.15) is 47.5 Å². The Labute approximate surface area is 249 Å². The van der Waals surface area contributed by atoms with Gasteiger partial charge in [0.15, 0.2) is 5.78 Å². The first-order valence-corrected chi connectivity index (χ1v) is 10.1. The Balaban J connectivity index is 0.00000160. The number of Topliss-reactive ketones (excluding diaryl/α,β-unsaturated/α-hetero) is 1. The van der Waals surface area contributed by atoms with E-state index in [9.17, 15) is 30.3 Å². The van der Waals surface area contributed by atoms with E-state index in [1.54, 1.807) is 34.6 Å². The second kappa shape index (κ2) is 8.62. The molecule has 3 aliphatic carbocycles. The second-order valence-electron chi connectivity index (χ2n) is 10.2. The van der Waals surface area contributed by atoms with Gasteiger partial charge in [-0.25, -0.2) is 0 Å². The molecule has 9 atom stereocenters. The van der Waals surface area contributed by atoms with E-state index in [0.717, 1.165) is 0 Å². The van der Waals surface area contributed by atoms with Gasteiger partial charge < -0.3 is 30.3 Å². The molecule has 2 bridgehead atoms. The number of carbonyl (C=O) groups is 1. The van der Waals surface area contributed by atoms with Crippen molar-refractivity contribution in [3.05, 3.63) is 11.1 Å². The smallest absolute Gasteiger partial charge is 0.174 e. The van der Waals surface area contributed by atoms with Crippen LogP contribution in [-0.4, -0.2) is 73.5 Å². The molecule has 9 unspecified atom stereocenters. The van der Waals surface area contributed by atoms with E-state index in [0.29, 0.717) is 11.1 Å². The minimum atomic E-state index is -1.58. The number of ketones is 1. The van der Waals surface area contributed by atoms with Crippen LogP contribution in [-0.2, 0) is 9.53 Å². The molecular weight excluding hydrogens is 818 g/mol. The van der Waals surface area contributed by atoms with Gasteiger partial charge in [-0.2, -0.15) is 0 Å². The summed E-state index contributed by atoms with van der Waals surface area (Å²) >= 11 is 0. The minimum Gasteiger partial charge on any atom is -0.392 e. The van der Waals surface area contributed by atoms with Crippen molar-refractivity contribution in [1.82, 2.24) is 0 Å². The molecule has 0 aromatic carbocycles. The van der Waals surface area contributed by atoms with Crippen LogP contribution in [0.15, 0.2) is 11.1 Å². The molecular formula is C21H32Ac2O7. The molecule has 4 rings (SSSR count). The third kappa shape index (κ3) is 3.27. The number of hydrogen-bond donors (Lipinski definition) is 5. The molecule has 0 amide bonds. The zero-order valence-electron chi connectivity index (χ0n) is 18.3. The first-order valence-electron chi connectivity index (χ1n) is 10.1. The van der Waals surface area contributed by atoms with Crippen molar-refractivity contribution in [2.75, 3.05) is 6.61 Å². The number of aliphatic hydroxyl groups is 5. The number of ether oxygens (including phenoxy) is 1. The van der Waals surface area contributed by atoms with Gasteiger partial charge in [0.1, 0.15) is 11.7 Å². The molecule has 1 saturated heterocycles. The Bertz CT molecular complexity index is 770. The van der Waals surface area contributed by atoms with Crippen LogP contribution < -0.4 is 0 Å². The predicted molar refractivity (Wildman–Crippen MR) is 99.1 cm³/mol. The van der Waals surface area contributed by atoms with Gasteiger partial charge >= 0.3 is 0 Å². The van der Waals surface area contributed by atoms with Gasteiger partial charge in [-0.15, -0.1) is 0 Å². The molecule has 2 saturated carbocycles. The van der Waals surface area contributed by atoms with Crippen molar-refractivity contribution >= 4 is 5.78 Å². The van der Waals surface area contributed by atoms with E-state index in [2.05, 4.69) is 0 Å². The Hall–Kier alpha value is 2.05. The number of carbonyl (C=O) groups excluding carboxylic acids is 1. The molecule has 1 heterocycles. The van der Waals surface area contributed by atoms with Gasteiger partial charge in [-0.05, 0) is 30.9 Å². The van der Waals surface area contributed by atoms with Crippen LogP contribution in [0, 0.1) is 111 Å². The number of fused-ring (bicyclic) bond motifs is 5.